The Morgan fingerprint density at radius 1 is 1.50 bits per heavy atom. The summed E-state index contributed by atoms with van der Waals surface area (Å²) in [6.45, 7) is 1.72. The average molecular weight is 222 g/mol. The van der Waals surface area contributed by atoms with Gasteiger partial charge in [-0.1, -0.05) is 18.2 Å². The summed E-state index contributed by atoms with van der Waals surface area (Å²) < 4.78 is 0. The number of benzene rings is 1. The van der Waals surface area contributed by atoms with Gasteiger partial charge in [-0.25, -0.2) is 0 Å². The molecule has 0 unspecified atom stereocenters. The molecular weight excluding hydrogens is 204 g/mol. The number of aliphatic hydroxyl groups excluding tert-OH is 1. The van der Waals surface area contributed by atoms with Crippen LogP contribution in [-0.2, 0) is 11.2 Å². The van der Waals surface area contributed by atoms with E-state index in [1.165, 1.54) is 0 Å². The first-order valence-corrected chi connectivity index (χ1v) is 5.37. The number of carbonyl (C=O) groups is 1. The van der Waals surface area contributed by atoms with Gasteiger partial charge >= 0.3 is 0 Å². The van der Waals surface area contributed by atoms with E-state index < -0.39 is 0 Å². The van der Waals surface area contributed by atoms with Gasteiger partial charge in [0.2, 0.25) is 5.91 Å². The number of nitrogens with one attached hydrogen (secondary N) is 1. The van der Waals surface area contributed by atoms with E-state index in [2.05, 4.69) is 5.32 Å². The molecular formula is C12H18N2O2. The van der Waals surface area contributed by atoms with E-state index in [4.69, 9.17) is 10.8 Å². The third-order valence-electron chi connectivity index (χ3n) is 2.36. The molecule has 0 saturated heterocycles. The van der Waals surface area contributed by atoms with E-state index in [1.807, 2.05) is 24.3 Å². The lowest BCUT2D eigenvalue weighted by atomic mass is 10.1. The Balaban J connectivity index is 2.40. The van der Waals surface area contributed by atoms with E-state index in [9.17, 15) is 4.79 Å². The Kier molecular flexibility index (Phi) is 4.79. The molecule has 4 N–H and O–H groups in total. The number of anilines is 1. The predicted molar refractivity (Wildman–Crippen MR) is 63.9 cm³/mol. The van der Waals surface area contributed by atoms with Crippen LogP contribution in [0.2, 0.25) is 0 Å². The van der Waals surface area contributed by atoms with Gasteiger partial charge in [0, 0.05) is 18.2 Å². The van der Waals surface area contributed by atoms with Crippen LogP contribution in [0.25, 0.3) is 0 Å². The molecule has 0 fully saturated rings. The molecule has 88 valence electrons. The first kappa shape index (κ1) is 12.5. The van der Waals surface area contributed by atoms with Gasteiger partial charge in [-0.15, -0.1) is 0 Å². The number of amides is 1. The van der Waals surface area contributed by atoms with Crippen LogP contribution in [0.5, 0.6) is 0 Å². The molecule has 1 amide bonds. The van der Waals surface area contributed by atoms with Gasteiger partial charge in [0.25, 0.3) is 0 Å². The molecule has 0 bridgehead atoms. The molecule has 1 aromatic rings. The molecule has 0 aromatic heterocycles. The Bertz CT molecular complexity index is 353. The largest absolute Gasteiger partial charge is 0.399 e. The van der Waals surface area contributed by atoms with Crippen LogP contribution >= 0.6 is 0 Å². The lowest BCUT2D eigenvalue weighted by Crippen LogP contribution is -2.35. The summed E-state index contributed by atoms with van der Waals surface area (Å²) in [5.74, 6) is -0.0650. The van der Waals surface area contributed by atoms with Crippen LogP contribution in [-0.4, -0.2) is 23.7 Å². The van der Waals surface area contributed by atoms with Crippen molar-refractivity contribution in [3.63, 3.8) is 0 Å². The maximum atomic E-state index is 11.4. The molecule has 0 spiro atoms. The molecule has 0 aliphatic carbocycles. The van der Waals surface area contributed by atoms with Gasteiger partial charge in [0.1, 0.15) is 0 Å². The number of hydrogen-bond donors (Lipinski definition) is 3. The minimum Gasteiger partial charge on any atom is -0.399 e. The van der Waals surface area contributed by atoms with Crippen LogP contribution in [0.3, 0.4) is 0 Å². The minimum atomic E-state index is -0.194. The monoisotopic (exact) mass is 222 g/mol. The molecule has 1 aromatic carbocycles. The minimum absolute atomic E-state index is 0.0424. The Labute approximate surface area is 95.5 Å². The highest BCUT2D eigenvalue weighted by Crippen LogP contribution is 2.12. The zero-order valence-electron chi connectivity index (χ0n) is 9.44. The van der Waals surface area contributed by atoms with Crippen molar-refractivity contribution < 1.29 is 9.90 Å². The lowest BCUT2D eigenvalue weighted by Gasteiger charge is -2.11. The van der Waals surface area contributed by atoms with Crippen molar-refractivity contribution in [2.45, 2.75) is 25.8 Å². The van der Waals surface area contributed by atoms with E-state index in [-0.39, 0.29) is 18.6 Å². The van der Waals surface area contributed by atoms with Gasteiger partial charge in [-0.3, -0.25) is 4.79 Å². The van der Waals surface area contributed by atoms with Crippen LogP contribution < -0.4 is 11.1 Å². The van der Waals surface area contributed by atoms with Crippen molar-refractivity contribution in [2.75, 3.05) is 12.3 Å². The van der Waals surface area contributed by atoms with Gasteiger partial charge in [-0.2, -0.15) is 0 Å². The number of aryl methyl sites for hydroxylation is 1. The molecule has 0 radical (unpaired) electrons. The van der Waals surface area contributed by atoms with E-state index in [0.717, 1.165) is 5.56 Å². The third-order valence-corrected chi connectivity index (χ3v) is 2.36. The topological polar surface area (TPSA) is 75.3 Å². The van der Waals surface area contributed by atoms with Crippen molar-refractivity contribution in [3.8, 4) is 0 Å². The molecule has 0 aliphatic heterocycles. The second-order valence-corrected chi connectivity index (χ2v) is 3.85. The Morgan fingerprint density at radius 3 is 2.81 bits per heavy atom. The molecule has 1 atom stereocenters. The van der Waals surface area contributed by atoms with Gasteiger partial charge in [-0.05, 0) is 25.0 Å². The molecule has 0 aliphatic rings. The van der Waals surface area contributed by atoms with Crippen LogP contribution in [0, 0.1) is 0 Å². The molecule has 0 heterocycles. The zero-order valence-corrected chi connectivity index (χ0v) is 9.44. The van der Waals surface area contributed by atoms with E-state index in [0.29, 0.717) is 18.5 Å². The SMILES string of the molecule is C[C@@H](CO)NC(=O)CCc1ccccc1N. The maximum absolute atomic E-state index is 11.4. The summed E-state index contributed by atoms with van der Waals surface area (Å²) in [5.41, 5.74) is 7.46. The third kappa shape index (κ3) is 3.90. The number of hydrogen-bond acceptors (Lipinski definition) is 3. The zero-order chi connectivity index (χ0) is 12.0. The van der Waals surface area contributed by atoms with Gasteiger partial charge in [0.05, 0.1) is 6.61 Å². The highest BCUT2D eigenvalue weighted by Gasteiger charge is 2.07. The van der Waals surface area contributed by atoms with Crippen molar-refractivity contribution in [1.29, 1.82) is 0 Å². The van der Waals surface area contributed by atoms with Crippen LogP contribution in [0.15, 0.2) is 24.3 Å². The van der Waals surface area contributed by atoms with Crippen molar-refractivity contribution >= 4 is 11.6 Å². The summed E-state index contributed by atoms with van der Waals surface area (Å²) in [4.78, 5) is 11.4. The number of nitrogens with two attached hydrogens (primary N) is 1. The number of rotatable bonds is 5. The number of nitrogen functional groups attached to an aromatic ring is 1. The second-order valence-electron chi connectivity index (χ2n) is 3.85. The fourth-order valence-corrected chi connectivity index (χ4v) is 1.40. The van der Waals surface area contributed by atoms with E-state index >= 15 is 0 Å². The fourth-order valence-electron chi connectivity index (χ4n) is 1.40. The van der Waals surface area contributed by atoms with Crippen LogP contribution in [0.4, 0.5) is 5.69 Å². The smallest absolute Gasteiger partial charge is 0.220 e. The molecule has 16 heavy (non-hydrogen) atoms. The number of carbonyl (C=O) groups excluding carboxylic acids is 1. The van der Waals surface area contributed by atoms with Crippen LogP contribution in [0.1, 0.15) is 18.9 Å². The maximum Gasteiger partial charge on any atom is 0.220 e. The van der Waals surface area contributed by atoms with Crippen molar-refractivity contribution in [1.82, 2.24) is 5.32 Å². The summed E-state index contributed by atoms with van der Waals surface area (Å²) in [5, 5.41) is 11.5. The summed E-state index contributed by atoms with van der Waals surface area (Å²) in [6.07, 6.45) is 1.01. The summed E-state index contributed by atoms with van der Waals surface area (Å²) in [7, 11) is 0. The first-order chi connectivity index (χ1) is 7.63. The van der Waals surface area contributed by atoms with Gasteiger partial charge in [0.15, 0.2) is 0 Å². The highest BCUT2D eigenvalue weighted by molar-refractivity contribution is 5.76. The van der Waals surface area contributed by atoms with Crippen molar-refractivity contribution in [2.24, 2.45) is 0 Å². The van der Waals surface area contributed by atoms with Crippen molar-refractivity contribution in [3.05, 3.63) is 29.8 Å². The number of aliphatic hydroxyl groups is 1. The standard InChI is InChI=1S/C12H18N2O2/c1-9(8-15)14-12(16)7-6-10-4-2-3-5-11(10)13/h2-5,9,15H,6-8,13H2,1H3,(H,14,16)/t9-/m0/s1. The normalized spacial score (nSPS) is 12.1. The molecule has 4 heteroatoms. The average Bonchev–Trinajstić information content (AvgIpc) is 2.28. The first-order valence-electron chi connectivity index (χ1n) is 5.37. The second kappa shape index (κ2) is 6.12. The van der Waals surface area contributed by atoms with Gasteiger partial charge < -0.3 is 16.2 Å². The Hall–Kier alpha value is -1.55. The summed E-state index contributed by atoms with van der Waals surface area (Å²) >= 11 is 0. The fraction of sp³-hybridized carbons (Fsp3) is 0.417. The Morgan fingerprint density at radius 2 is 2.19 bits per heavy atom. The quantitative estimate of drug-likeness (QED) is 0.642. The number of para-hydroxylation sites is 1. The lowest BCUT2D eigenvalue weighted by molar-refractivity contribution is -0.121. The highest BCUT2D eigenvalue weighted by atomic mass is 16.3. The molecule has 0 saturated carbocycles. The predicted octanol–water partition coefficient (Wildman–Crippen LogP) is 0.698. The molecule has 4 nitrogen and oxygen atoms in total. The summed E-state index contributed by atoms with van der Waals surface area (Å²) in [6, 6.07) is 7.31. The molecule has 1 rings (SSSR count). The van der Waals surface area contributed by atoms with E-state index in [1.54, 1.807) is 6.92 Å².